The van der Waals surface area contributed by atoms with Gasteiger partial charge in [0.05, 0.1) is 36.6 Å². The first kappa shape index (κ1) is 49.2. The fourth-order valence-electron chi connectivity index (χ4n) is 12.1. The molecule has 18 heteroatoms. The van der Waals surface area contributed by atoms with Crippen LogP contribution in [0.4, 0.5) is 0 Å². The van der Waals surface area contributed by atoms with E-state index in [1.807, 2.05) is 13.8 Å². The van der Waals surface area contributed by atoms with E-state index in [0.717, 1.165) is 24.8 Å². The molecule has 3 aliphatic carbocycles. The number of allylic oxidation sites excluding steroid dienone is 2. The minimum absolute atomic E-state index is 0.0231. The highest BCUT2D eigenvalue weighted by atomic mass is 16.7. The topological polar surface area (TPSA) is 286 Å². The van der Waals surface area contributed by atoms with Crippen molar-refractivity contribution >= 4 is 17.8 Å². The van der Waals surface area contributed by atoms with Gasteiger partial charge in [-0.2, -0.15) is 0 Å². The number of esters is 1. The number of carboxylic acid groups (broad SMARTS) is 1. The predicted molar refractivity (Wildman–Crippen MR) is 222 cm³/mol. The molecule has 2 saturated carbocycles. The third-order valence-corrected chi connectivity index (χ3v) is 15.4. The number of hydrogen-bond donors (Lipinski definition) is 9. The molecule has 0 bridgehead atoms. The van der Waals surface area contributed by atoms with Crippen LogP contribution in [0.1, 0.15) is 90.9 Å². The number of aliphatic hydroxyl groups is 5. The quantitative estimate of drug-likeness (QED) is 0.0768. The number of phenolic OH excluding ortho intramolecular Hbond substituents is 1. The number of rotatable bonds is 13. The summed E-state index contributed by atoms with van der Waals surface area (Å²) in [5.41, 5.74) is 5.77. The Hall–Kier alpha value is -3.27. The Labute approximate surface area is 368 Å². The smallest absolute Gasteiger partial charge is 0.338 e. The monoisotopic (exact) mass is 892 g/mol. The van der Waals surface area contributed by atoms with E-state index in [1.165, 1.54) is 38.3 Å². The number of aromatic hydroxyl groups is 1. The minimum Gasteiger partial charge on any atom is -0.508 e. The number of benzene rings is 1. The molecule has 4 fully saturated rings. The first-order chi connectivity index (χ1) is 29.5. The van der Waals surface area contributed by atoms with Crippen LogP contribution in [0.3, 0.4) is 0 Å². The van der Waals surface area contributed by atoms with Crippen molar-refractivity contribution in [3.05, 3.63) is 41.5 Å². The van der Waals surface area contributed by atoms with Gasteiger partial charge in [-0.15, -0.1) is 0 Å². The van der Waals surface area contributed by atoms with Gasteiger partial charge in [0.1, 0.15) is 48.4 Å². The molecule has 354 valence electrons. The van der Waals surface area contributed by atoms with Crippen LogP contribution in [0.15, 0.2) is 35.9 Å². The third-order valence-electron chi connectivity index (χ3n) is 15.4. The molecule has 2 heterocycles. The number of nitrogens with one attached hydrogen (secondary N) is 1. The lowest BCUT2D eigenvalue weighted by Crippen LogP contribution is -2.68. The zero-order chi connectivity index (χ0) is 46.5. The van der Waals surface area contributed by atoms with Gasteiger partial charge in [-0.05, 0) is 98.1 Å². The zero-order valence-electron chi connectivity index (χ0n) is 37.3. The second-order valence-corrected chi connectivity index (χ2v) is 19.6. The van der Waals surface area contributed by atoms with E-state index in [1.54, 1.807) is 6.92 Å². The second kappa shape index (κ2) is 18.9. The SMILES string of the molecule is CO[C@H](C[C@@H]1C(C)=CC[C@H]2[C@]3(C)C[C@H](O[C@@H]4O[C@@H](C)[C@H](OC(=O)c5cccc(O)c5)[C@H](O[C@@H]5O[C@@H](CO)[C@@H](O)[C@H](O)[C@H]5NC(C)=O)[C@H]4O)[C@@H](O)C(C)(C)[C@H]3CC[C@]21C)[C@H](N)C(=O)O. The molecule has 1 aromatic rings. The number of phenols is 1. The Kier molecular flexibility index (Phi) is 14.8. The molecule has 0 spiro atoms. The number of carbonyl (C=O) groups excluding carboxylic acids is 2. The van der Waals surface area contributed by atoms with Gasteiger partial charge in [0.2, 0.25) is 5.91 Å². The van der Waals surface area contributed by atoms with Crippen LogP contribution in [-0.2, 0) is 38.0 Å². The summed E-state index contributed by atoms with van der Waals surface area (Å²) < 4.78 is 36.7. The molecule has 6 rings (SSSR count). The molecule has 18 nitrogen and oxygen atoms in total. The Bertz CT molecular complexity index is 1850. The fourth-order valence-corrected chi connectivity index (χ4v) is 12.1. The summed E-state index contributed by atoms with van der Waals surface area (Å²) in [6, 6.07) is 2.80. The first-order valence-corrected chi connectivity index (χ1v) is 21.9. The molecule has 5 aliphatic rings. The molecule has 1 amide bonds. The van der Waals surface area contributed by atoms with Crippen molar-refractivity contribution in [2.45, 2.75) is 166 Å². The molecule has 1 aromatic carbocycles. The summed E-state index contributed by atoms with van der Waals surface area (Å²) in [5.74, 6) is -2.82. The molecule has 2 saturated heterocycles. The standard InChI is InChI=1S/C45H68N2O16/c1-20-12-13-30-44(6,25(20)17-26(58-8)31(46)39(55)56)15-14-29-43(4,5)38(54)27(18-45(29,30)7)60-42-35(53)37(36(21(2)59-42)62-40(57)23-10-9-11-24(50)16-23)63-41-32(47-22(3)49)34(52)33(51)28(19-48)61-41/h9-12,16,21,25-38,41-42,48,50-54H,13-15,17-19,46H2,1-8H3,(H,47,49)(H,55,56)/t21-,25+,26+,27-,28-,29+,30+,31-,32+,33+,34+,35+,36-,37+,38+,41-,42-,44-,45+/m0/s1. The first-order valence-electron chi connectivity index (χ1n) is 21.9. The highest BCUT2D eigenvalue weighted by Crippen LogP contribution is 2.69. The van der Waals surface area contributed by atoms with E-state index in [9.17, 15) is 50.1 Å². The van der Waals surface area contributed by atoms with Crippen LogP contribution in [0.2, 0.25) is 0 Å². The van der Waals surface area contributed by atoms with Gasteiger partial charge in [-0.1, -0.05) is 45.4 Å². The van der Waals surface area contributed by atoms with E-state index in [2.05, 4.69) is 32.2 Å². The maximum atomic E-state index is 13.5. The summed E-state index contributed by atoms with van der Waals surface area (Å²) in [5, 5.41) is 78.6. The van der Waals surface area contributed by atoms with E-state index >= 15 is 0 Å². The molecule has 0 radical (unpaired) electrons. The Balaban J connectivity index is 1.32. The lowest BCUT2D eigenvalue weighted by Gasteiger charge is -2.67. The predicted octanol–water partition coefficient (Wildman–Crippen LogP) is 1.35. The third kappa shape index (κ3) is 9.28. The summed E-state index contributed by atoms with van der Waals surface area (Å²) in [4.78, 5) is 37.8. The average Bonchev–Trinajstić information content (AvgIpc) is 3.21. The normalized spacial score (nSPS) is 42.1. The number of aliphatic carboxylic acids is 1. The van der Waals surface area contributed by atoms with Gasteiger partial charge >= 0.3 is 11.9 Å². The van der Waals surface area contributed by atoms with Gasteiger partial charge in [0.25, 0.3) is 0 Å². The highest BCUT2D eigenvalue weighted by Gasteiger charge is 2.65. The molecular formula is C45H68N2O16. The zero-order valence-corrected chi connectivity index (χ0v) is 37.3. The summed E-state index contributed by atoms with van der Waals surface area (Å²) >= 11 is 0. The fraction of sp³-hybridized carbons (Fsp3) is 0.756. The number of amides is 1. The van der Waals surface area contributed by atoms with Crippen molar-refractivity contribution in [3.63, 3.8) is 0 Å². The molecule has 0 aromatic heterocycles. The minimum atomic E-state index is -1.77. The van der Waals surface area contributed by atoms with Crippen molar-refractivity contribution in [1.29, 1.82) is 0 Å². The van der Waals surface area contributed by atoms with Crippen LogP contribution in [0.25, 0.3) is 0 Å². The summed E-state index contributed by atoms with van der Waals surface area (Å²) in [7, 11) is 1.48. The lowest BCUT2D eigenvalue weighted by atomic mass is 9.39. The Morgan fingerprint density at radius 2 is 1.67 bits per heavy atom. The van der Waals surface area contributed by atoms with Crippen LogP contribution >= 0.6 is 0 Å². The van der Waals surface area contributed by atoms with Crippen LogP contribution in [0, 0.1) is 34.0 Å². The van der Waals surface area contributed by atoms with Crippen LogP contribution in [-0.4, -0.2) is 153 Å². The van der Waals surface area contributed by atoms with Crippen molar-refractivity contribution in [3.8, 4) is 5.75 Å². The van der Waals surface area contributed by atoms with Gasteiger partial charge in [-0.25, -0.2) is 4.79 Å². The number of carboxylic acids is 1. The van der Waals surface area contributed by atoms with E-state index in [4.69, 9.17) is 34.2 Å². The van der Waals surface area contributed by atoms with Gasteiger partial charge < -0.3 is 75.2 Å². The van der Waals surface area contributed by atoms with Gasteiger partial charge in [0, 0.05) is 14.0 Å². The van der Waals surface area contributed by atoms with E-state index < -0.39 is 121 Å². The summed E-state index contributed by atoms with van der Waals surface area (Å²) in [6.07, 6.45) is -11.0. The molecule has 10 N–H and O–H groups in total. The average molecular weight is 893 g/mol. The van der Waals surface area contributed by atoms with Crippen LogP contribution in [0.5, 0.6) is 5.75 Å². The molecule has 19 atom stereocenters. The maximum absolute atomic E-state index is 13.5. The number of hydrogen-bond acceptors (Lipinski definition) is 16. The molecule has 0 unspecified atom stereocenters. The van der Waals surface area contributed by atoms with E-state index in [0.29, 0.717) is 12.8 Å². The number of carbonyl (C=O) groups is 3. The van der Waals surface area contributed by atoms with Crippen molar-refractivity contribution in [1.82, 2.24) is 5.32 Å². The number of methoxy groups -OCH3 is 1. The number of nitrogens with two attached hydrogens (primary N) is 1. The number of ether oxygens (including phenoxy) is 6. The second-order valence-electron chi connectivity index (χ2n) is 19.6. The largest absolute Gasteiger partial charge is 0.508 e. The van der Waals surface area contributed by atoms with Crippen molar-refractivity contribution in [2.24, 2.45) is 39.7 Å². The van der Waals surface area contributed by atoms with E-state index in [-0.39, 0.29) is 34.5 Å². The number of fused-ring (bicyclic) bond motifs is 3. The van der Waals surface area contributed by atoms with Gasteiger partial charge in [0.15, 0.2) is 18.7 Å². The molecule has 2 aliphatic heterocycles. The van der Waals surface area contributed by atoms with Crippen LogP contribution < -0.4 is 11.1 Å². The lowest BCUT2D eigenvalue weighted by molar-refractivity contribution is -0.358. The van der Waals surface area contributed by atoms with Crippen molar-refractivity contribution in [2.75, 3.05) is 13.7 Å². The van der Waals surface area contributed by atoms with Crippen molar-refractivity contribution < 1.29 is 78.6 Å². The number of aliphatic hydroxyl groups excluding tert-OH is 5. The molecule has 63 heavy (non-hydrogen) atoms. The Morgan fingerprint density at radius 1 is 0.968 bits per heavy atom. The van der Waals surface area contributed by atoms with Gasteiger partial charge in [-0.3, -0.25) is 9.59 Å². The maximum Gasteiger partial charge on any atom is 0.338 e. The Morgan fingerprint density at radius 3 is 2.29 bits per heavy atom. The summed E-state index contributed by atoms with van der Waals surface area (Å²) in [6.45, 7) is 12.6. The molecular weight excluding hydrogens is 824 g/mol. The highest BCUT2D eigenvalue weighted by molar-refractivity contribution is 5.90.